The van der Waals surface area contributed by atoms with E-state index in [1.54, 1.807) is 25.4 Å². The van der Waals surface area contributed by atoms with Gasteiger partial charge in [0.2, 0.25) is 0 Å². The smallest absolute Gasteiger partial charge is 0.320 e. The number of pyridine rings is 1. The first kappa shape index (κ1) is 12.6. The monoisotopic (exact) mass is 243 g/mol. The second kappa shape index (κ2) is 6.90. The van der Waals surface area contributed by atoms with Crippen LogP contribution in [-0.4, -0.2) is 30.5 Å². The van der Waals surface area contributed by atoms with Gasteiger partial charge in [0.15, 0.2) is 0 Å². The van der Waals surface area contributed by atoms with Gasteiger partial charge in [-0.05, 0) is 12.5 Å². The van der Waals surface area contributed by atoms with Gasteiger partial charge in [-0.2, -0.15) is 0 Å². The Morgan fingerprint density at radius 2 is 2.44 bits per heavy atom. The number of aromatic nitrogens is 1. The van der Waals surface area contributed by atoms with E-state index in [4.69, 9.17) is 16.3 Å². The largest absolute Gasteiger partial charge is 0.497 e. The lowest BCUT2D eigenvalue weighted by molar-refractivity contribution is 0.252. The highest BCUT2D eigenvalue weighted by Gasteiger charge is 2.02. The summed E-state index contributed by atoms with van der Waals surface area (Å²) in [4.78, 5) is 15.3. The Morgan fingerprint density at radius 1 is 1.62 bits per heavy atom. The van der Waals surface area contributed by atoms with Crippen molar-refractivity contribution in [2.45, 2.75) is 6.42 Å². The summed E-state index contributed by atoms with van der Waals surface area (Å²) in [6, 6.07) is 3.04. The van der Waals surface area contributed by atoms with Crippen LogP contribution in [0.1, 0.15) is 6.42 Å². The highest BCUT2D eigenvalue weighted by molar-refractivity contribution is 6.17. The van der Waals surface area contributed by atoms with Crippen molar-refractivity contribution in [3.63, 3.8) is 0 Å². The second-order valence-corrected chi connectivity index (χ2v) is 3.38. The number of urea groups is 1. The molecule has 2 N–H and O–H groups in total. The van der Waals surface area contributed by atoms with Gasteiger partial charge < -0.3 is 10.1 Å². The van der Waals surface area contributed by atoms with E-state index in [0.29, 0.717) is 24.0 Å². The molecule has 0 saturated heterocycles. The Bertz CT molecular complexity index is 347. The number of methoxy groups -OCH3 is 1. The summed E-state index contributed by atoms with van der Waals surface area (Å²) in [5.74, 6) is 1.62. The highest BCUT2D eigenvalue weighted by atomic mass is 35.5. The summed E-state index contributed by atoms with van der Waals surface area (Å²) in [5, 5.41) is 5.25. The predicted molar refractivity (Wildman–Crippen MR) is 63.1 cm³/mol. The van der Waals surface area contributed by atoms with Crippen molar-refractivity contribution in [2.24, 2.45) is 0 Å². The number of amides is 2. The number of alkyl halides is 1. The first-order valence-electron chi connectivity index (χ1n) is 4.87. The van der Waals surface area contributed by atoms with E-state index in [1.165, 1.54) is 0 Å². The number of hydrogen-bond donors (Lipinski definition) is 2. The standard InChI is InChI=1S/C10H14ClN3O2/c1-16-8-3-6-12-9(7-8)14-10(15)13-5-2-4-11/h3,6-7H,2,4-5H2,1H3,(H2,12,13,14,15). The van der Waals surface area contributed by atoms with Gasteiger partial charge in [-0.3, -0.25) is 5.32 Å². The number of nitrogens with one attached hydrogen (secondary N) is 2. The van der Waals surface area contributed by atoms with Crippen LogP contribution in [0.4, 0.5) is 10.6 Å². The molecular formula is C10H14ClN3O2. The van der Waals surface area contributed by atoms with E-state index in [1.807, 2.05) is 0 Å². The maximum atomic E-state index is 11.3. The first-order valence-corrected chi connectivity index (χ1v) is 5.40. The third kappa shape index (κ3) is 4.35. The number of halogens is 1. The number of rotatable bonds is 5. The van der Waals surface area contributed by atoms with Gasteiger partial charge in [0.05, 0.1) is 7.11 Å². The molecule has 1 heterocycles. The van der Waals surface area contributed by atoms with E-state index in [0.717, 1.165) is 6.42 Å². The zero-order valence-electron chi connectivity index (χ0n) is 9.00. The average Bonchev–Trinajstić information content (AvgIpc) is 2.29. The number of hydrogen-bond acceptors (Lipinski definition) is 3. The van der Waals surface area contributed by atoms with Gasteiger partial charge in [0.1, 0.15) is 11.6 Å². The predicted octanol–water partition coefficient (Wildman–Crippen LogP) is 1.84. The molecule has 88 valence electrons. The van der Waals surface area contributed by atoms with Crippen molar-refractivity contribution < 1.29 is 9.53 Å². The molecule has 1 rings (SSSR count). The fourth-order valence-corrected chi connectivity index (χ4v) is 1.17. The van der Waals surface area contributed by atoms with Crippen LogP contribution in [0.25, 0.3) is 0 Å². The maximum Gasteiger partial charge on any atom is 0.320 e. The summed E-state index contributed by atoms with van der Waals surface area (Å²) in [5.41, 5.74) is 0. The van der Waals surface area contributed by atoms with Crippen LogP contribution in [0.3, 0.4) is 0 Å². The quantitative estimate of drug-likeness (QED) is 0.613. The van der Waals surface area contributed by atoms with Crippen molar-refractivity contribution in [2.75, 3.05) is 24.9 Å². The van der Waals surface area contributed by atoms with Crippen LogP contribution >= 0.6 is 11.6 Å². The lowest BCUT2D eigenvalue weighted by Crippen LogP contribution is -2.30. The Kier molecular flexibility index (Phi) is 5.42. The van der Waals surface area contributed by atoms with Gasteiger partial charge in [0.25, 0.3) is 0 Å². The van der Waals surface area contributed by atoms with Gasteiger partial charge in [-0.1, -0.05) is 0 Å². The molecule has 5 nitrogen and oxygen atoms in total. The lowest BCUT2D eigenvalue weighted by atomic mass is 10.4. The zero-order valence-corrected chi connectivity index (χ0v) is 9.75. The molecule has 0 fully saturated rings. The molecule has 0 aromatic carbocycles. The number of carbonyl (C=O) groups excluding carboxylic acids is 1. The molecule has 0 radical (unpaired) electrons. The van der Waals surface area contributed by atoms with Crippen molar-refractivity contribution in [3.05, 3.63) is 18.3 Å². The van der Waals surface area contributed by atoms with Crippen LogP contribution in [0.15, 0.2) is 18.3 Å². The molecule has 0 aliphatic carbocycles. The number of carbonyl (C=O) groups is 1. The van der Waals surface area contributed by atoms with E-state index < -0.39 is 0 Å². The van der Waals surface area contributed by atoms with Crippen molar-refractivity contribution >= 4 is 23.4 Å². The second-order valence-electron chi connectivity index (χ2n) is 3.00. The summed E-state index contributed by atoms with van der Waals surface area (Å²) in [7, 11) is 1.56. The van der Waals surface area contributed by atoms with E-state index in [2.05, 4.69) is 15.6 Å². The van der Waals surface area contributed by atoms with Crippen molar-refractivity contribution in [1.29, 1.82) is 0 Å². The Hall–Kier alpha value is -1.49. The van der Waals surface area contributed by atoms with Crippen molar-refractivity contribution in [1.82, 2.24) is 10.3 Å². The van der Waals surface area contributed by atoms with Crippen LogP contribution < -0.4 is 15.4 Å². The summed E-state index contributed by atoms with van der Waals surface area (Å²) >= 11 is 5.48. The molecule has 2 amide bonds. The van der Waals surface area contributed by atoms with Crippen molar-refractivity contribution in [3.8, 4) is 5.75 Å². The van der Waals surface area contributed by atoms with Crippen LogP contribution in [-0.2, 0) is 0 Å². The number of ether oxygens (including phenoxy) is 1. The fourth-order valence-electron chi connectivity index (χ4n) is 1.04. The molecular weight excluding hydrogens is 230 g/mol. The maximum absolute atomic E-state index is 11.3. The number of nitrogens with zero attached hydrogens (tertiary/aromatic N) is 1. The highest BCUT2D eigenvalue weighted by Crippen LogP contribution is 2.13. The van der Waals surface area contributed by atoms with E-state index in [-0.39, 0.29) is 6.03 Å². The molecule has 0 unspecified atom stereocenters. The third-order valence-electron chi connectivity index (χ3n) is 1.80. The molecule has 0 atom stereocenters. The zero-order chi connectivity index (χ0) is 11.8. The minimum Gasteiger partial charge on any atom is -0.497 e. The molecule has 16 heavy (non-hydrogen) atoms. The molecule has 1 aromatic rings. The molecule has 0 aliphatic rings. The first-order chi connectivity index (χ1) is 7.76. The number of anilines is 1. The van der Waals surface area contributed by atoms with Gasteiger partial charge in [-0.25, -0.2) is 9.78 Å². The Labute approximate surface area is 99.2 Å². The molecule has 0 saturated carbocycles. The SMILES string of the molecule is COc1ccnc(NC(=O)NCCCCl)c1. The van der Waals surface area contributed by atoms with Crippen LogP contribution in [0.5, 0.6) is 5.75 Å². The summed E-state index contributed by atoms with van der Waals surface area (Å²) in [6.07, 6.45) is 2.30. The van der Waals surface area contributed by atoms with Gasteiger partial charge in [0, 0.05) is 24.7 Å². The minimum absolute atomic E-state index is 0.300. The van der Waals surface area contributed by atoms with Crippen LogP contribution in [0.2, 0.25) is 0 Å². The van der Waals surface area contributed by atoms with Gasteiger partial charge >= 0.3 is 6.03 Å². The average molecular weight is 244 g/mol. The van der Waals surface area contributed by atoms with E-state index in [9.17, 15) is 4.79 Å². The molecule has 0 spiro atoms. The summed E-state index contributed by atoms with van der Waals surface area (Å²) in [6.45, 7) is 0.541. The van der Waals surface area contributed by atoms with E-state index >= 15 is 0 Å². The summed E-state index contributed by atoms with van der Waals surface area (Å²) < 4.78 is 5.01. The molecule has 0 bridgehead atoms. The Balaban J connectivity index is 2.43. The van der Waals surface area contributed by atoms with Gasteiger partial charge in [-0.15, -0.1) is 11.6 Å². The normalized spacial score (nSPS) is 9.62. The topological polar surface area (TPSA) is 63.2 Å². The molecule has 6 heteroatoms. The van der Waals surface area contributed by atoms with Crippen LogP contribution in [0, 0.1) is 0 Å². The lowest BCUT2D eigenvalue weighted by Gasteiger charge is -2.07. The molecule has 1 aromatic heterocycles. The minimum atomic E-state index is -0.300. The Morgan fingerprint density at radius 3 is 3.12 bits per heavy atom. The fraction of sp³-hybridized carbons (Fsp3) is 0.400. The third-order valence-corrected chi connectivity index (χ3v) is 2.07. The molecule has 0 aliphatic heterocycles.